The molecule has 1 aliphatic heterocycles. The molecule has 1 spiro atoms. The summed E-state index contributed by atoms with van der Waals surface area (Å²) in [7, 11) is 0. The molecular formula is C28H29N3O4. The minimum Gasteiger partial charge on any atom is -0.459 e. The highest BCUT2D eigenvalue weighted by Crippen LogP contribution is 2.68. The van der Waals surface area contributed by atoms with Gasteiger partial charge >= 0.3 is 5.76 Å². The zero-order chi connectivity index (χ0) is 24.3. The molecule has 7 nitrogen and oxygen atoms in total. The van der Waals surface area contributed by atoms with Gasteiger partial charge in [0.1, 0.15) is 11.5 Å². The van der Waals surface area contributed by atoms with Crippen LogP contribution >= 0.6 is 0 Å². The molecule has 2 aliphatic carbocycles. The molecule has 0 saturated heterocycles. The summed E-state index contributed by atoms with van der Waals surface area (Å²) >= 11 is 0. The van der Waals surface area contributed by atoms with Gasteiger partial charge in [-0.3, -0.25) is 4.79 Å². The topological polar surface area (TPSA) is 97.2 Å². The molecule has 3 aliphatic rings. The van der Waals surface area contributed by atoms with Gasteiger partial charge in [-0.2, -0.15) is 0 Å². The zero-order valence-corrected chi connectivity index (χ0v) is 19.7. The number of allylic oxidation sites excluding steroid dienone is 3. The number of aromatic nitrogens is 2. The summed E-state index contributed by atoms with van der Waals surface area (Å²) in [5.41, 5.74) is 4.53. The van der Waals surface area contributed by atoms with Crippen LogP contribution in [-0.4, -0.2) is 22.0 Å². The van der Waals surface area contributed by atoms with Gasteiger partial charge < -0.3 is 14.5 Å². The van der Waals surface area contributed by atoms with Gasteiger partial charge in [0, 0.05) is 31.2 Å². The number of carbonyl (C=O) groups excluding carboxylic acids is 1. The Hall–Kier alpha value is -4.13. The fourth-order valence-corrected chi connectivity index (χ4v) is 5.49. The van der Waals surface area contributed by atoms with Crippen molar-refractivity contribution in [3.63, 3.8) is 0 Å². The predicted molar refractivity (Wildman–Crippen MR) is 136 cm³/mol. The maximum Gasteiger partial charge on any atom is 0.434 e. The van der Waals surface area contributed by atoms with Crippen molar-refractivity contribution < 1.29 is 16.8 Å². The Kier molecular flexibility index (Phi) is 4.71. The number of hydrogen-bond donors (Lipinski definition) is 2. The summed E-state index contributed by atoms with van der Waals surface area (Å²) in [4.78, 5) is 25.3. The third kappa shape index (κ3) is 3.22. The largest absolute Gasteiger partial charge is 0.459 e. The van der Waals surface area contributed by atoms with E-state index in [1.807, 2.05) is 68.4 Å². The first kappa shape index (κ1) is 21.4. The molecular weight excluding hydrogens is 442 g/mol. The maximum atomic E-state index is 13.7. The minimum atomic E-state index is -0.610. The van der Waals surface area contributed by atoms with Gasteiger partial charge in [-0.1, -0.05) is 54.1 Å². The van der Waals surface area contributed by atoms with Gasteiger partial charge in [-0.05, 0) is 39.3 Å². The number of carbonyl (C=O) groups is 1. The predicted octanol–water partition coefficient (Wildman–Crippen LogP) is 5.57. The van der Waals surface area contributed by atoms with Gasteiger partial charge in [0.15, 0.2) is 5.78 Å². The zero-order valence-electron chi connectivity index (χ0n) is 19.7. The van der Waals surface area contributed by atoms with Crippen LogP contribution in [0.5, 0.6) is 0 Å². The SMILES string of the molecule is CC1=CC([C@@H](C)Nc2ccccc2-c2n[nH]c(=O)o2)=C2OC(c3ccccc3)=C(C)C(=O)C23CC13.[HH].[HH]. The Bertz CT molecular complexity index is 1520. The van der Waals surface area contributed by atoms with E-state index in [1.54, 1.807) is 0 Å². The Morgan fingerprint density at radius 2 is 1.86 bits per heavy atom. The number of anilines is 1. The fourth-order valence-electron chi connectivity index (χ4n) is 5.49. The van der Waals surface area contributed by atoms with Crippen molar-refractivity contribution in [2.75, 3.05) is 5.32 Å². The summed E-state index contributed by atoms with van der Waals surface area (Å²) in [6.07, 6.45) is 2.92. The van der Waals surface area contributed by atoms with E-state index in [-0.39, 0.29) is 26.5 Å². The molecule has 0 bridgehead atoms. The number of para-hydroxylation sites is 1. The number of Topliss-reactive ketones (excluding diaryl/α,β-unsaturated/α-hetero) is 1. The molecule has 1 saturated carbocycles. The molecule has 3 aromatic rings. The van der Waals surface area contributed by atoms with Crippen LogP contribution < -0.4 is 11.1 Å². The molecule has 0 radical (unpaired) electrons. The number of nitrogens with zero attached hydrogens (tertiary/aromatic N) is 1. The molecule has 1 aromatic heterocycles. The van der Waals surface area contributed by atoms with Crippen molar-refractivity contribution in [2.45, 2.75) is 33.2 Å². The van der Waals surface area contributed by atoms with Gasteiger partial charge in [0.2, 0.25) is 0 Å². The first-order valence-electron chi connectivity index (χ1n) is 11.7. The number of benzene rings is 2. The van der Waals surface area contributed by atoms with E-state index in [2.05, 4.69) is 28.5 Å². The average Bonchev–Trinajstić information content (AvgIpc) is 3.49. The molecule has 2 aromatic carbocycles. The smallest absolute Gasteiger partial charge is 0.434 e. The van der Waals surface area contributed by atoms with Crippen LogP contribution in [0.4, 0.5) is 5.69 Å². The highest BCUT2D eigenvalue weighted by molar-refractivity contribution is 6.10. The van der Waals surface area contributed by atoms with Gasteiger partial charge in [-0.15, -0.1) is 5.10 Å². The minimum absolute atomic E-state index is 0. The van der Waals surface area contributed by atoms with Crippen LogP contribution in [0.1, 0.15) is 35.6 Å². The number of ether oxygens (including phenoxy) is 1. The third-order valence-corrected chi connectivity index (χ3v) is 7.32. The first-order valence-corrected chi connectivity index (χ1v) is 11.7. The van der Waals surface area contributed by atoms with E-state index < -0.39 is 11.2 Å². The van der Waals surface area contributed by atoms with Crippen LogP contribution in [-0.2, 0) is 9.53 Å². The summed E-state index contributed by atoms with van der Waals surface area (Å²) in [6.45, 7) is 6.00. The molecule has 0 amide bonds. The second-order valence-electron chi connectivity index (χ2n) is 9.48. The summed E-state index contributed by atoms with van der Waals surface area (Å²) < 4.78 is 11.8. The van der Waals surface area contributed by atoms with Crippen LogP contribution in [0, 0.1) is 11.3 Å². The second kappa shape index (κ2) is 7.70. The molecule has 7 heteroatoms. The molecule has 35 heavy (non-hydrogen) atoms. The van der Waals surface area contributed by atoms with Gasteiger partial charge in [-0.25, -0.2) is 9.89 Å². The first-order chi connectivity index (χ1) is 16.9. The molecule has 180 valence electrons. The van der Waals surface area contributed by atoms with E-state index in [0.29, 0.717) is 16.9 Å². The third-order valence-electron chi connectivity index (χ3n) is 7.32. The second-order valence-corrected chi connectivity index (χ2v) is 9.48. The van der Waals surface area contributed by atoms with Crippen LogP contribution in [0.2, 0.25) is 0 Å². The number of H-pyrrole nitrogens is 1. The lowest BCUT2D eigenvalue weighted by atomic mass is 9.79. The number of nitrogens with one attached hydrogen (secondary N) is 2. The summed E-state index contributed by atoms with van der Waals surface area (Å²) in [6, 6.07) is 17.1. The summed E-state index contributed by atoms with van der Waals surface area (Å²) in [5.74, 6) is 1.30. The van der Waals surface area contributed by atoms with E-state index in [9.17, 15) is 9.59 Å². The van der Waals surface area contributed by atoms with Crippen molar-refractivity contribution in [3.8, 4) is 11.5 Å². The lowest BCUT2D eigenvalue weighted by molar-refractivity contribution is -0.121. The Balaban J connectivity index is 0.00000160. The molecule has 2 N–H and O–H groups in total. The number of hydrogen-bond acceptors (Lipinski definition) is 6. The van der Waals surface area contributed by atoms with Gasteiger partial charge in [0.25, 0.3) is 5.89 Å². The van der Waals surface area contributed by atoms with Crippen molar-refractivity contribution in [1.82, 2.24) is 10.2 Å². The van der Waals surface area contributed by atoms with Crippen molar-refractivity contribution in [3.05, 3.63) is 99.3 Å². The van der Waals surface area contributed by atoms with Crippen LogP contribution in [0.15, 0.2) is 92.4 Å². The van der Waals surface area contributed by atoms with Crippen LogP contribution in [0.25, 0.3) is 17.2 Å². The molecule has 2 unspecified atom stereocenters. The van der Waals surface area contributed by atoms with Crippen LogP contribution in [0.3, 0.4) is 0 Å². The molecule has 3 atom stereocenters. The molecule has 2 heterocycles. The number of rotatable bonds is 5. The Labute approximate surface area is 205 Å². The van der Waals surface area contributed by atoms with Crippen molar-refractivity contribution >= 4 is 17.2 Å². The average molecular weight is 472 g/mol. The Morgan fingerprint density at radius 3 is 2.60 bits per heavy atom. The lowest BCUT2D eigenvalue weighted by Crippen LogP contribution is -2.34. The Morgan fingerprint density at radius 1 is 1.11 bits per heavy atom. The normalized spacial score (nSPS) is 23.8. The quantitative estimate of drug-likeness (QED) is 0.505. The van der Waals surface area contributed by atoms with E-state index in [0.717, 1.165) is 29.0 Å². The van der Waals surface area contributed by atoms with Crippen molar-refractivity contribution in [1.29, 1.82) is 0 Å². The monoisotopic (exact) mass is 471 g/mol. The molecule has 1 fully saturated rings. The number of ketones is 1. The fraction of sp³-hybridized carbons (Fsp3) is 0.250. The van der Waals surface area contributed by atoms with E-state index in [4.69, 9.17) is 9.15 Å². The lowest BCUT2D eigenvalue weighted by Gasteiger charge is -2.35. The highest BCUT2D eigenvalue weighted by Gasteiger charge is 2.68. The van der Waals surface area contributed by atoms with Crippen molar-refractivity contribution in [2.24, 2.45) is 11.3 Å². The maximum absolute atomic E-state index is 13.7. The summed E-state index contributed by atoms with van der Waals surface area (Å²) in [5, 5.41) is 9.82. The molecule has 6 rings (SSSR count). The highest BCUT2D eigenvalue weighted by atomic mass is 16.5. The van der Waals surface area contributed by atoms with E-state index >= 15 is 0 Å². The standard InChI is InChI=1S/C28H25N3O4.2H2/c1-15-13-20(17(3)29-22-12-8-7-11-19(22)26-30-31-27(33)35-26)25-28(14-21(15)28)24(32)16(2)23(34-25)18-9-5-4-6-10-18;;/h4-13,17,21,29H,14H2,1-3H3,(H,31,33);2*1H/t17-,21?,28?;;/m1../s1. The number of aromatic amines is 1. The van der Waals surface area contributed by atoms with E-state index in [1.165, 1.54) is 5.57 Å². The van der Waals surface area contributed by atoms with Gasteiger partial charge in [0.05, 0.1) is 17.0 Å².